The molecule has 1 aliphatic heterocycles. The third-order valence-electron chi connectivity index (χ3n) is 3.30. The molecule has 1 aromatic rings. The lowest BCUT2D eigenvalue weighted by Crippen LogP contribution is -2.29. The molecule has 2 rings (SSSR count). The maximum Gasteiger partial charge on any atom is 0.159 e. The van der Waals surface area contributed by atoms with Gasteiger partial charge in [-0.15, -0.1) is 0 Å². The van der Waals surface area contributed by atoms with Gasteiger partial charge in [-0.2, -0.15) is 0 Å². The Bertz CT molecular complexity index is 411. The van der Waals surface area contributed by atoms with Crippen LogP contribution in [0.15, 0.2) is 18.2 Å². The van der Waals surface area contributed by atoms with Crippen LogP contribution in [-0.4, -0.2) is 23.8 Å². The monoisotopic (exact) mass is 251 g/mol. The second kappa shape index (κ2) is 5.65. The van der Waals surface area contributed by atoms with E-state index in [1.807, 2.05) is 12.1 Å². The lowest BCUT2D eigenvalue weighted by Gasteiger charge is -2.26. The number of hydrogen-bond acceptors (Lipinski definition) is 2. The van der Waals surface area contributed by atoms with Crippen molar-refractivity contribution < 1.29 is 4.79 Å². The highest BCUT2D eigenvalue weighted by Gasteiger charge is 2.12. The summed E-state index contributed by atoms with van der Waals surface area (Å²) in [7, 11) is 0. The molecule has 0 bridgehead atoms. The molecule has 0 amide bonds. The van der Waals surface area contributed by atoms with Gasteiger partial charge >= 0.3 is 0 Å². The van der Waals surface area contributed by atoms with E-state index >= 15 is 0 Å². The van der Waals surface area contributed by atoms with Gasteiger partial charge in [0.2, 0.25) is 0 Å². The molecule has 2 nitrogen and oxygen atoms in total. The average molecular weight is 252 g/mol. The van der Waals surface area contributed by atoms with E-state index in [0.29, 0.717) is 10.6 Å². The van der Waals surface area contributed by atoms with Crippen molar-refractivity contribution in [3.05, 3.63) is 34.3 Å². The molecule has 1 heterocycles. The number of halogens is 1. The van der Waals surface area contributed by atoms with Crippen molar-refractivity contribution in [3.8, 4) is 0 Å². The van der Waals surface area contributed by atoms with Gasteiger partial charge < -0.3 is 0 Å². The van der Waals surface area contributed by atoms with Crippen LogP contribution in [0, 0.1) is 0 Å². The van der Waals surface area contributed by atoms with Crippen molar-refractivity contribution in [2.75, 3.05) is 13.1 Å². The van der Waals surface area contributed by atoms with Crippen LogP contribution in [0.3, 0.4) is 0 Å². The molecule has 92 valence electrons. The Balaban J connectivity index is 2.08. The Morgan fingerprint density at radius 1 is 1.29 bits per heavy atom. The maximum atomic E-state index is 11.2. The Hall–Kier alpha value is -0.860. The molecule has 3 heteroatoms. The zero-order chi connectivity index (χ0) is 12.3. The number of carbonyl (C=O) groups excluding carboxylic acids is 1. The predicted octanol–water partition coefficient (Wildman–Crippen LogP) is 3.53. The van der Waals surface area contributed by atoms with Crippen molar-refractivity contribution >= 4 is 17.4 Å². The molecular weight excluding hydrogens is 234 g/mol. The van der Waals surface area contributed by atoms with Gasteiger partial charge in [-0.3, -0.25) is 9.69 Å². The zero-order valence-corrected chi connectivity index (χ0v) is 11.0. The predicted molar refractivity (Wildman–Crippen MR) is 70.6 cm³/mol. The summed E-state index contributed by atoms with van der Waals surface area (Å²) >= 11 is 6.21. The Kier molecular flexibility index (Phi) is 4.19. The second-order valence-corrected chi connectivity index (χ2v) is 5.11. The number of carbonyl (C=O) groups is 1. The van der Waals surface area contributed by atoms with Crippen LogP contribution >= 0.6 is 11.6 Å². The summed E-state index contributed by atoms with van der Waals surface area (Å²) in [5, 5.41) is 0.711. The topological polar surface area (TPSA) is 20.3 Å². The van der Waals surface area contributed by atoms with E-state index < -0.39 is 0 Å². The SMILES string of the molecule is CC(=O)c1ccc(CN2CCCCC2)c(Cl)c1. The molecule has 0 N–H and O–H groups in total. The van der Waals surface area contributed by atoms with Gasteiger partial charge in [-0.05, 0) is 44.5 Å². The molecule has 0 radical (unpaired) electrons. The Morgan fingerprint density at radius 3 is 2.59 bits per heavy atom. The van der Waals surface area contributed by atoms with Crippen LogP contribution in [0.4, 0.5) is 0 Å². The second-order valence-electron chi connectivity index (χ2n) is 4.70. The van der Waals surface area contributed by atoms with Crippen molar-refractivity contribution in [2.45, 2.75) is 32.7 Å². The van der Waals surface area contributed by atoms with Gasteiger partial charge in [-0.1, -0.05) is 30.2 Å². The third-order valence-corrected chi connectivity index (χ3v) is 3.65. The number of piperidine rings is 1. The van der Waals surface area contributed by atoms with E-state index in [2.05, 4.69) is 4.90 Å². The first-order chi connectivity index (χ1) is 8.16. The minimum absolute atomic E-state index is 0.0661. The van der Waals surface area contributed by atoms with Crippen LogP contribution in [-0.2, 0) is 6.54 Å². The highest BCUT2D eigenvalue weighted by atomic mass is 35.5. The first-order valence-corrected chi connectivity index (χ1v) is 6.56. The van der Waals surface area contributed by atoms with Gasteiger partial charge in [0.1, 0.15) is 0 Å². The molecule has 17 heavy (non-hydrogen) atoms. The van der Waals surface area contributed by atoms with Gasteiger partial charge in [0.15, 0.2) is 5.78 Å². The fraction of sp³-hybridized carbons (Fsp3) is 0.500. The van der Waals surface area contributed by atoms with Gasteiger partial charge in [0.25, 0.3) is 0 Å². The van der Waals surface area contributed by atoms with Crippen molar-refractivity contribution in [2.24, 2.45) is 0 Å². The normalized spacial score (nSPS) is 17.1. The first kappa shape index (κ1) is 12.6. The summed E-state index contributed by atoms with van der Waals surface area (Å²) in [6.45, 7) is 4.78. The maximum absolute atomic E-state index is 11.2. The van der Waals surface area contributed by atoms with E-state index in [4.69, 9.17) is 11.6 Å². The van der Waals surface area contributed by atoms with Crippen LogP contribution in [0.25, 0.3) is 0 Å². The first-order valence-electron chi connectivity index (χ1n) is 6.18. The van der Waals surface area contributed by atoms with Crippen molar-refractivity contribution in [1.82, 2.24) is 4.90 Å². The molecule has 0 aromatic heterocycles. The third kappa shape index (κ3) is 3.30. The summed E-state index contributed by atoms with van der Waals surface area (Å²) in [5.41, 5.74) is 1.82. The molecule has 0 aliphatic carbocycles. The highest BCUT2D eigenvalue weighted by molar-refractivity contribution is 6.31. The average Bonchev–Trinajstić information content (AvgIpc) is 2.33. The Morgan fingerprint density at radius 2 is 2.00 bits per heavy atom. The lowest BCUT2D eigenvalue weighted by molar-refractivity contribution is 0.101. The number of hydrogen-bond donors (Lipinski definition) is 0. The van der Waals surface area contributed by atoms with E-state index in [1.54, 1.807) is 13.0 Å². The molecule has 0 spiro atoms. The quantitative estimate of drug-likeness (QED) is 0.766. The number of rotatable bonds is 3. The minimum atomic E-state index is 0.0661. The number of likely N-dealkylation sites (tertiary alicyclic amines) is 1. The Labute approximate surface area is 108 Å². The number of nitrogens with zero attached hydrogens (tertiary/aromatic N) is 1. The fourth-order valence-corrected chi connectivity index (χ4v) is 2.49. The van der Waals surface area contributed by atoms with E-state index in [0.717, 1.165) is 25.2 Å². The van der Waals surface area contributed by atoms with Gasteiger partial charge in [0.05, 0.1) is 0 Å². The smallest absolute Gasteiger partial charge is 0.159 e. The van der Waals surface area contributed by atoms with E-state index in [-0.39, 0.29) is 5.78 Å². The van der Waals surface area contributed by atoms with Gasteiger partial charge in [0, 0.05) is 17.1 Å². The molecular formula is C14H18ClNO. The lowest BCUT2D eigenvalue weighted by atomic mass is 10.1. The van der Waals surface area contributed by atoms with Crippen molar-refractivity contribution in [1.29, 1.82) is 0 Å². The highest BCUT2D eigenvalue weighted by Crippen LogP contribution is 2.21. The van der Waals surface area contributed by atoms with E-state index in [9.17, 15) is 4.79 Å². The fourth-order valence-electron chi connectivity index (χ4n) is 2.25. The largest absolute Gasteiger partial charge is 0.299 e. The van der Waals surface area contributed by atoms with Crippen LogP contribution in [0.5, 0.6) is 0 Å². The summed E-state index contributed by atoms with van der Waals surface area (Å²) < 4.78 is 0. The summed E-state index contributed by atoms with van der Waals surface area (Å²) in [5.74, 6) is 0.0661. The minimum Gasteiger partial charge on any atom is -0.299 e. The van der Waals surface area contributed by atoms with Crippen molar-refractivity contribution in [3.63, 3.8) is 0 Å². The zero-order valence-electron chi connectivity index (χ0n) is 10.2. The molecule has 1 aromatic carbocycles. The summed E-state index contributed by atoms with van der Waals surface area (Å²) in [4.78, 5) is 13.7. The van der Waals surface area contributed by atoms with Crippen LogP contribution < -0.4 is 0 Å². The van der Waals surface area contributed by atoms with Crippen LogP contribution in [0.1, 0.15) is 42.1 Å². The molecule has 1 saturated heterocycles. The standard InChI is InChI=1S/C14H18ClNO/c1-11(17)12-5-6-13(14(15)9-12)10-16-7-3-2-4-8-16/h5-6,9H,2-4,7-8,10H2,1H3. The summed E-state index contributed by atoms with van der Waals surface area (Å²) in [6, 6.07) is 5.63. The van der Waals surface area contributed by atoms with Crippen LogP contribution in [0.2, 0.25) is 5.02 Å². The molecule has 1 aliphatic rings. The molecule has 0 unspecified atom stereocenters. The number of Topliss-reactive ketones (excluding diaryl/α,β-unsaturated/α-hetero) is 1. The summed E-state index contributed by atoms with van der Waals surface area (Å²) in [6.07, 6.45) is 3.90. The van der Waals surface area contributed by atoms with E-state index in [1.165, 1.54) is 19.3 Å². The molecule has 0 atom stereocenters. The number of ketones is 1. The number of benzene rings is 1. The van der Waals surface area contributed by atoms with Gasteiger partial charge in [-0.25, -0.2) is 0 Å². The molecule has 1 fully saturated rings. The molecule has 0 saturated carbocycles.